The molecule has 0 aromatic heterocycles. The van der Waals surface area contributed by atoms with E-state index in [1.165, 1.54) is 13.0 Å². The maximum Gasteiger partial charge on any atom is 0.308 e. The molecule has 0 saturated carbocycles. The zero-order valence-electron chi connectivity index (χ0n) is 10.7. The molecule has 0 radical (unpaired) electrons. The van der Waals surface area contributed by atoms with Gasteiger partial charge in [-0.25, -0.2) is 0 Å². The molecule has 0 heterocycles. The average molecular weight is 290 g/mol. The summed E-state index contributed by atoms with van der Waals surface area (Å²) in [7, 11) is 0. The second-order valence-corrected chi connectivity index (χ2v) is 4.62. The number of nitrogens with two attached hydrogens (primary N) is 1. The summed E-state index contributed by atoms with van der Waals surface area (Å²) in [5.41, 5.74) is 6.92. The van der Waals surface area contributed by atoms with Gasteiger partial charge in [-0.15, -0.1) is 0 Å². The van der Waals surface area contributed by atoms with Gasteiger partial charge < -0.3 is 10.5 Å². The number of halogens is 1. The number of anilines is 1. The van der Waals surface area contributed by atoms with Crippen molar-refractivity contribution in [2.75, 3.05) is 5.73 Å². The number of ether oxygens (including phenoxy) is 1. The number of carbonyl (C=O) groups excluding carboxylic acids is 2. The van der Waals surface area contributed by atoms with Crippen molar-refractivity contribution < 1.29 is 14.3 Å². The maximum atomic E-state index is 12.3. The number of benzene rings is 2. The van der Waals surface area contributed by atoms with Crippen LogP contribution in [0.2, 0.25) is 5.02 Å². The molecule has 2 rings (SSSR count). The van der Waals surface area contributed by atoms with Crippen LogP contribution >= 0.6 is 11.6 Å². The molecule has 0 aliphatic heterocycles. The highest BCUT2D eigenvalue weighted by molar-refractivity contribution is 6.31. The van der Waals surface area contributed by atoms with Gasteiger partial charge in [0.15, 0.2) is 5.78 Å². The van der Waals surface area contributed by atoms with Crippen molar-refractivity contribution in [3.8, 4) is 5.75 Å². The highest BCUT2D eigenvalue weighted by Crippen LogP contribution is 2.22. The van der Waals surface area contributed by atoms with Crippen molar-refractivity contribution in [3.05, 3.63) is 58.6 Å². The van der Waals surface area contributed by atoms with Gasteiger partial charge in [0.05, 0.1) is 0 Å². The Morgan fingerprint density at radius 1 is 1.10 bits per heavy atom. The fourth-order valence-corrected chi connectivity index (χ4v) is 1.89. The second kappa shape index (κ2) is 5.75. The molecule has 4 nitrogen and oxygen atoms in total. The average Bonchev–Trinajstić information content (AvgIpc) is 2.41. The number of nitrogen functional groups attached to an aromatic ring is 1. The van der Waals surface area contributed by atoms with Crippen molar-refractivity contribution in [2.24, 2.45) is 0 Å². The molecule has 0 unspecified atom stereocenters. The molecule has 2 aromatic carbocycles. The molecule has 0 aliphatic rings. The molecule has 0 aliphatic carbocycles. The van der Waals surface area contributed by atoms with E-state index in [2.05, 4.69) is 0 Å². The third-order valence-corrected chi connectivity index (χ3v) is 2.87. The summed E-state index contributed by atoms with van der Waals surface area (Å²) in [6.07, 6.45) is 0. The third kappa shape index (κ3) is 3.16. The maximum absolute atomic E-state index is 12.3. The molecule has 20 heavy (non-hydrogen) atoms. The van der Waals surface area contributed by atoms with Crippen LogP contribution in [0.1, 0.15) is 22.8 Å². The summed E-state index contributed by atoms with van der Waals surface area (Å²) < 4.78 is 4.90. The predicted octanol–water partition coefficient (Wildman–Crippen LogP) is 3.08. The molecule has 0 bridgehead atoms. The lowest BCUT2D eigenvalue weighted by Crippen LogP contribution is -2.06. The zero-order chi connectivity index (χ0) is 14.7. The fraction of sp³-hybridized carbons (Fsp3) is 0.0667. The largest absolute Gasteiger partial charge is 0.427 e. The van der Waals surface area contributed by atoms with Crippen LogP contribution in [0.15, 0.2) is 42.5 Å². The molecule has 2 N–H and O–H groups in total. The van der Waals surface area contributed by atoms with Crippen molar-refractivity contribution in [1.29, 1.82) is 0 Å². The highest BCUT2D eigenvalue weighted by atomic mass is 35.5. The lowest BCUT2D eigenvalue weighted by molar-refractivity contribution is -0.131. The van der Waals surface area contributed by atoms with Crippen molar-refractivity contribution in [2.45, 2.75) is 6.92 Å². The fourth-order valence-electron chi connectivity index (χ4n) is 1.72. The molecule has 102 valence electrons. The van der Waals surface area contributed by atoms with Gasteiger partial charge in [0.25, 0.3) is 0 Å². The third-order valence-electron chi connectivity index (χ3n) is 2.64. The Balaban J connectivity index is 2.29. The van der Waals surface area contributed by atoms with Crippen LogP contribution in [0, 0.1) is 0 Å². The van der Waals surface area contributed by atoms with Gasteiger partial charge in [-0.05, 0) is 42.5 Å². The van der Waals surface area contributed by atoms with Crippen LogP contribution in [0.5, 0.6) is 5.75 Å². The molecule has 0 amide bonds. The van der Waals surface area contributed by atoms with Gasteiger partial charge >= 0.3 is 5.97 Å². The monoisotopic (exact) mass is 289 g/mol. The quantitative estimate of drug-likeness (QED) is 0.408. The van der Waals surface area contributed by atoms with Crippen LogP contribution in [-0.2, 0) is 4.79 Å². The van der Waals surface area contributed by atoms with E-state index in [0.29, 0.717) is 27.6 Å². The van der Waals surface area contributed by atoms with Crippen LogP contribution in [0.3, 0.4) is 0 Å². The Kier molecular flexibility index (Phi) is 4.05. The van der Waals surface area contributed by atoms with Crippen molar-refractivity contribution in [1.82, 2.24) is 0 Å². The Morgan fingerprint density at radius 2 is 1.75 bits per heavy atom. The van der Waals surface area contributed by atoms with Crippen LogP contribution in [0.25, 0.3) is 0 Å². The van der Waals surface area contributed by atoms with E-state index < -0.39 is 5.97 Å². The Labute approximate surface area is 121 Å². The first kappa shape index (κ1) is 14.1. The zero-order valence-corrected chi connectivity index (χ0v) is 11.5. The summed E-state index contributed by atoms with van der Waals surface area (Å²) in [5, 5.41) is 0.444. The first-order valence-corrected chi connectivity index (χ1v) is 6.23. The normalized spacial score (nSPS) is 10.1. The van der Waals surface area contributed by atoms with Crippen molar-refractivity contribution in [3.63, 3.8) is 0 Å². The number of rotatable bonds is 3. The van der Waals surface area contributed by atoms with Gasteiger partial charge in [-0.1, -0.05) is 11.6 Å². The van der Waals surface area contributed by atoms with E-state index in [1.807, 2.05) is 0 Å². The highest BCUT2D eigenvalue weighted by Gasteiger charge is 2.13. The first-order valence-electron chi connectivity index (χ1n) is 5.85. The SMILES string of the molecule is CC(=O)Oc1ccc(C(=O)c2cc(Cl)ccc2N)cc1. The minimum Gasteiger partial charge on any atom is -0.427 e. The Bertz CT molecular complexity index is 665. The Hall–Kier alpha value is -2.33. The van der Waals surface area contributed by atoms with Crippen molar-refractivity contribution >= 4 is 29.0 Å². The molecule has 5 heteroatoms. The molecular weight excluding hydrogens is 278 g/mol. The predicted molar refractivity (Wildman–Crippen MR) is 77.0 cm³/mol. The van der Waals surface area contributed by atoms with Gasteiger partial charge in [-0.2, -0.15) is 0 Å². The number of carbonyl (C=O) groups is 2. The number of hydrogen-bond donors (Lipinski definition) is 1. The lowest BCUT2D eigenvalue weighted by atomic mass is 10.0. The van der Waals surface area contributed by atoms with Crippen LogP contribution in [0.4, 0.5) is 5.69 Å². The van der Waals surface area contributed by atoms with Gasteiger partial charge in [0.1, 0.15) is 5.75 Å². The molecule has 2 aromatic rings. The molecular formula is C15H12ClNO3. The topological polar surface area (TPSA) is 69.4 Å². The first-order chi connectivity index (χ1) is 9.47. The summed E-state index contributed by atoms with van der Waals surface area (Å²) in [5.74, 6) is -0.268. The molecule has 0 saturated heterocycles. The number of ketones is 1. The van der Waals surface area contributed by atoms with Crippen LogP contribution < -0.4 is 10.5 Å². The van der Waals surface area contributed by atoms with E-state index in [1.54, 1.807) is 36.4 Å². The summed E-state index contributed by atoms with van der Waals surface area (Å²) in [6.45, 7) is 1.31. The van der Waals surface area contributed by atoms with E-state index in [4.69, 9.17) is 22.1 Å². The number of hydrogen-bond acceptors (Lipinski definition) is 4. The van der Waals surface area contributed by atoms with E-state index >= 15 is 0 Å². The summed E-state index contributed by atoms with van der Waals surface area (Å²) in [6, 6.07) is 11.0. The molecule has 0 atom stereocenters. The Morgan fingerprint density at radius 3 is 2.35 bits per heavy atom. The van der Waals surface area contributed by atoms with Crippen LogP contribution in [-0.4, -0.2) is 11.8 Å². The van der Waals surface area contributed by atoms with E-state index in [-0.39, 0.29) is 5.78 Å². The lowest BCUT2D eigenvalue weighted by Gasteiger charge is -2.06. The molecule has 0 spiro atoms. The van der Waals surface area contributed by atoms with Gasteiger partial charge in [-0.3, -0.25) is 9.59 Å². The smallest absolute Gasteiger partial charge is 0.308 e. The standard InChI is InChI=1S/C15H12ClNO3/c1-9(18)20-12-5-2-10(3-6-12)15(19)13-8-11(16)4-7-14(13)17/h2-8H,17H2,1H3. The second-order valence-electron chi connectivity index (χ2n) is 4.18. The van der Waals surface area contributed by atoms with Gasteiger partial charge in [0, 0.05) is 28.8 Å². The van der Waals surface area contributed by atoms with E-state index in [0.717, 1.165) is 0 Å². The minimum atomic E-state index is -0.414. The van der Waals surface area contributed by atoms with E-state index in [9.17, 15) is 9.59 Å². The summed E-state index contributed by atoms with van der Waals surface area (Å²) >= 11 is 5.87. The van der Waals surface area contributed by atoms with Gasteiger partial charge in [0.2, 0.25) is 0 Å². The summed E-state index contributed by atoms with van der Waals surface area (Å²) in [4.78, 5) is 23.1. The molecule has 0 fully saturated rings. The number of esters is 1. The minimum absolute atomic E-state index is 0.237.